The predicted octanol–water partition coefficient (Wildman–Crippen LogP) is 3.99. The fourth-order valence-electron chi connectivity index (χ4n) is 2.91. The van der Waals surface area contributed by atoms with Crippen LogP contribution in [0.15, 0.2) is 24.3 Å². The first-order valence-electron chi connectivity index (χ1n) is 7.51. The molecule has 1 aliphatic rings. The number of anilines is 1. The third-order valence-electron chi connectivity index (χ3n) is 4.06. The number of fused-ring (bicyclic) bond motifs is 1. The number of benzene rings is 1. The second-order valence-corrected chi connectivity index (χ2v) is 6.22. The summed E-state index contributed by atoms with van der Waals surface area (Å²) in [6.45, 7) is 3.78. The fourth-order valence-corrected chi connectivity index (χ4v) is 3.08. The van der Waals surface area contributed by atoms with Crippen LogP contribution in [0.3, 0.4) is 0 Å². The van der Waals surface area contributed by atoms with E-state index in [9.17, 15) is 5.26 Å². The summed E-state index contributed by atoms with van der Waals surface area (Å²) in [7, 11) is 0. The van der Waals surface area contributed by atoms with Crippen molar-refractivity contribution in [1.82, 2.24) is 4.98 Å². The zero-order valence-electron chi connectivity index (χ0n) is 12.5. The molecule has 22 heavy (non-hydrogen) atoms. The smallest absolute Gasteiger partial charge is 0.127 e. The highest BCUT2D eigenvalue weighted by atomic mass is 35.5. The van der Waals surface area contributed by atoms with E-state index in [2.05, 4.69) is 23.3 Å². The number of rotatable bonds is 3. The molecule has 3 rings (SSSR count). The van der Waals surface area contributed by atoms with Crippen LogP contribution in [0.2, 0.25) is 5.02 Å². The Morgan fingerprint density at radius 2 is 2.32 bits per heavy atom. The molecule has 0 aliphatic carbocycles. The molecular formula is C17H18ClN3O. The van der Waals surface area contributed by atoms with Crippen LogP contribution in [-0.2, 0) is 4.74 Å². The molecule has 1 aromatic heterocycles. The van der Waals surface area contributed by atoms with Crippen molar-refractivity contribution in [1.29, 1.82) is 5.26 Å². The maximum Gasteiger partial charge on any atom is 0.127 e. The molecule has 1 aromatic carbocycles. The third kappa shape index (κ3) is 3.32. The molecule has 0 spiro atoms. The van der Waals surface area contributed by atoms with Crippen LogP contribution in [0.25, 0.3) is 10.9 Å². The zero-order chi connectivity index (χ0) is 15.5. The Morgan fingerprint density at radius 3 is 3.09 bits per heavy atom. The molecule has 0 saturated carbocycles. The lowest BCUT2D eigenvalue weighted by Gasteiger charge is -2.27. The molecule has 2 aromatic rings. The third-order valence-corrected chi connectivity index (χ3v) is 4.29. The largest absolute Gasteiger partial charge is 0.378 e. The number of aromatic nitrogens is 1. The molecule has 5 heteroatoms. The van der Waals surface area contributed by atoms with Gasteiger partial charge < -0.3 is 10.1 Å². The average molecular weight is 316 g/mol. The number of nitrogens with zero attached hydrogens (tertiary/aromatic N) is 2. The summed E-state index contributed by atoms with van der Waals surface area (Å²) in [5.74, 6) is 1.32. The van der Waals surface area contributed by atoms with E-state index in [1.54, 1.807) is 18.2 Å². The minimum atomic E-state index is 0.321. The first kappa shape index (κ1) is 15.1. The van der Waals surface area contributed by atoms with Crippen molar-refractivity contribution >= 4 is 28.3 Å². The fraction of sp³-hybridized carbons (Fsp3) is 0.412. The van der Waals surface area contributed by atoms with Crippen LogP contribution in [0.1, 0.15) is 25.3 Å². The number of halogens is 1. The van der Waals surface area contributed by atoms with E-state index in [0.717, 1.165) is 42.7 Å². The lowest BCUT2D eigenvalue weighted by atomic mass is 9.96. The van der Waals surface area contributed by atoms with E-state index in [1.165, 1.54) is 0 Å². The molecule has 0 radical (unpaired) electrons. The van der Waals surface area contributed by atoms with Gasteiger partial charge in [0.15, 0.2) is 0 Å². The summed E-state index contributed by atoms with van der Waals surface area (Å²) in [5.41, 5.74) is 1.38. The second kappa shape index (κ2) is 6.51. The van der Waals surface area contributed by atoms with Gasteiger partial charge in [0, 0.05) is 23.6 Å². The van der Waals surface area contributed by atoms with Gasteiger partial charge >= 0.3 is 0 Å². The van der Waals surface area contributed by atoms with E-state index in [0.29, 0.717) is 22.6 Å². The van der Waals surface area contributed by atoms with Gasteiger partial charge in [0.05, 0.1) is 23.3 Å². The highest BCUT2D eigenvalue weighted by Gasteiger charge is 2.19. The SMILES string of the molecule is C[C@@H]1C[C@@H](CNc2cc(C#N)c3cc(Cl)ccc3n2)CCO1. The highest BCUT2D eigenvalue weighted by molar-refractivity contribution is 6.31. The van der Waals surface area contributed by atoms with Gasteiger partial charge in [-0.3, -0.25) is 0 Å². The minimum absolute atomic E-state index is 0.321. The van der Waals surface area contributed by atoms with Crippen molar-refractivity contribution in [2.75, 3.05) is 18.5 Å². The van der Waals surface area contributed by atoms with Gasteiger partial charge in [-0.05, 0) is 49.9 Å². The summed E-state index contributed by atoms with van der Waals surface area (Å²) in [6, 6.07) is 9.44. The first-order chi connectivity index (χ1) is 10.7. The Kier molecular flexibility index (Phi) is 4.47. The molecule has 2 heterocycles. The van der Waals surface area contributed by atoms with E-state index in [-0.39, 0.29) is 0 Å². The molecule has 2 atom stereocenters. The maximum atomic E-state index is 9.34. The summed E-state index contributed by atoms with van der Waals surface area (Å²) in [6.07, 6.45) is 2.44. The van der Waals surface area contributed by atoms with Gasteiger partial charge in [0.25, 0.3) is 0 Å². The highest BCUT2D eigenvalue weighted by Crippen LogP contribution is 2.25. The normalized spacial score (nSPS) is 21.5. The minimum Gasteiger partial charge on any atom is -0.378 e. The van der Waals surface area contributed by atoms with Gasteiger partial charge in [-0.15, -0.1) is 0 Å². The number of pyridine rings is 1. The van der Waals surface area contributed by atoms with Crippen molar-refractivity contribution in [3.63, 3.8) is 0 Å². The van der Waals surface area contributed by atoms with Gasteiger partial charge in [-0.1, -0.05) is 11.6 Å². The Hall–Kier alpha value is -1.83. The summed E-state index contributed by atoms with van der Waals surface area (Å²) >= 11 is 6.00. The molecule has 0 unspecified atom stereocenters. The Balaban J connectivity index is 1.79. The standard InChI is InChI=1S/C17H18ClN3O/c1-11-6-12(4-5-22-11)10-20-17-7-13(9-19)15-8-14(18)2-3-16(15)21-17/h2-3,7-8,11-12H,4-6,10H2,1H3,(H,20,21)/t11-,12+/m1/s1. The van der Waals surface area contributed by atoms with Crippen molar-refractivity contribution < 1.29 is 4.74 Å². The Morgan fingerprint density at radius 1 is 1.45 bits per heavy atom. The summed E-state index contributed by atoms with van der Waals surface area (Å²) in [4.78, 5) is 4.58. The molecule has 0 amide bonds. The molecule has 1 N–H and O–H groups in total. The molecular weight excluding hydrogens is 298 g/mol. The lowest BCUT2D eigenvalue weighted by molar-refractivity contribution is 0.00557. The van der Waals surface area contributed by atoms with Crippen LogP contribution in [0.5, 0.6) is 0 Å². The van der Waals surface area contributed by atoms with Crippen molar-refractivity contribution in [2.45, 2.75) is 25.9 Å². The van der Waals surface area contributed by atoms with Crippen molar-refractivity contribution in [2.24, 2.45) is 5.92 Å². The monoisotopic (exact) mass is 315 g/mol. The van der Waals surface area contributed by atoms with E-state index in [4.69, 9.17) is 16.3 Å². The van der Waals surface area contributed by atoms with E-state index in [1.807, 2.05) is 6.07 Å². The zero-order valence-corrected chi connectivity index (χ0v) is 13.2. The predicted molar refractivity (Wildman–Crippen MR) is 88.1 cm³/mol. The second-order valence-electron chi connectivity index (χ2n) is 5.78. The molecule has 1 fully saturated rings. The number of nitriles is 1. The summed E-state index contributed by atoms with van der Waals surface area (Å²) in [5, 5.41) is 14.1. The van der Waals surface area contributed by atoms with Crippen molar-refractivity contribution in [3.8, 4) is 6.07 Å². The van der Waals surface area contributed by atoms with Gasteiger partial charge in [-0.25, -0.2) is 4.98 Å². The van der Waals surface area contributed by atoms with Crippen LogP contribution < -0.4 is 5.32 Å². The quantitative estimate of drug-likeness (QED) is 0.930. The number of nitrogens with one attached hydrogen (secondary N) is 1. The van der Waals surface area contributed by atoms with Gasteiger partial charge in [0.2, 0.25) is 0 Å². The number of hydrogen-bond acceptors (Lipinski definition) is 4. The maximum absolute atomic E-state index is 9.34. The Labute approximate surface area is 135 Å². The first-order valence-corrected chi connectivity index (χ1v) is 7.89. The lowest BCUT2D eigenvalue weighted by Crippen LogP contribution is -2.27. The topological polar surface area (TPSA) is 57.9 Å². The molecule has 1 saturated heterocycles. The van der Waals surface area contributed by atoms with Crippen LogP contribution in [0.4, 0.5) is 5.82 Å². The molecule has 114 valence electrons. The number of ether oxygens (including phenoxy) is 1. The van der Waals surface area contributed by atoms with Gasteiger partial charge in [-0.2, -0.15) is 5.26 Å². The molecule has 4 nitrogen and oxygen atoms in total. The number of hydrogen-bond donors (Lipinski definition) is 1. The van der Waals surface area contributed by atoms with Crippen LogP contribution >= 0.6 is 11.6 Å². The van der Waals surface area contributed by atoms with Crippen LogP contribution in [0, 0.1) is 17.2 Å². The van der Waals surface area contributed by atoms with E-state index < -0.39 is 0 Å². The van der Waals surface area contributed by atoms with E-state index >= 15 is 0 Å². The van der Waals surface area contributed by atoms with Gasteiger partial charge in [0.1, 0.15) is 5.82 Å². The van der Waals surface area contributed by atoms with Crippen molar-refractivity contribution in [3.05, 3.63) is 34.9 Å². The Bertz CT molecular complexity index is 726. The molecule has 1 aliphatic heterocycles. The average Bonchev–Trinajstić information content (AvgIpc) is 2.52. The summed E-state index contributed by atoms with van der Waals surface area (Å²) < 4.78 is 5.57. The molecule has 0 bridgehead atoms. The van der Waals surface area contributed by atoms with Crippen LogP contribution in [-0.4, -0.2) is 24.2 Å².